The summed E-state index contributed by atoms with van der Waals surface area (Å²) in [5.74, 6) is -0.0766. The van der Waals surface area contributed by atoms with Crippen LogP contribution in [-0.2, 0) is 14.8 Å². The molecule has 2 aromatic carbocycles. The molecular formula is C19H21NO6S. The molecule has 0 bridgehead atoms. The lowest BCUT2D eigenvalue weighted by molar-refractivity contribution is 0.0726. The Morgan fingerprint density at radius 2 is 1.74 bits per heavy atom. The zero-order chi connectivity index (χ0) is 19.4. The molecule has 0 spiro atoms. The first-order chi connectivity index (χ1) is 12.9. The van der Waals surface area contributed by atoms with E-state index in [9.17, 15) is 13.2 Å². The standard InChI is InChI=1S/C19H21NO6S/c1-14-3-6-16(7-4-14)26-19(21)15-5-8-17(24-2)18(13-15)27(22,23)20-9-11-25-12-10-20/h3-8,13H,9-12H2,1-2H3. The van der Waals surface area contributed by atoms with Crippen molar-refractivity contribution in [3.63, 3.8) is 0 Å². The average molecular weight is 391 g/mol. The Hall–Kier alpha value is -2.42. The van der Waals surface area contributed by atoms with E-state index in [1.807, 2.05) is 19.1 Å². The Morgan fingerprint density at radius 1 is 1.07 bits per heavy atom. The van der Waals surface area contributed by atoms with Gasteiger partial charge in [-0.25, -0.2) is 13.2 Å². The summed E-state index contributed by atoms with van der Waals surface area (Å²) in [6.45, 7) is 3.10. The van der Waals surface area contributed by atoms with Crippen molar-refractivity contribution in [2.45, 2.75) is 11.8 Å². The normalized spacial score (nSPS) is 15.3. The molecule has 1 aliphatic rings. The number of sulfonamides is 1. The lowest BCUT2D eigenvalue weighted by Gasteiger charge is -2.26. The quantitative estimate of drug-likeness (QED) is 0.574. The number of esters is 1. The van der Waals surface area contributed by atoms with Crippen molar-refractivity contribution in [1.29, 1.82) is 0 Å². The zero-order valence-corrected chi connectivity index (χ0v) is 16.0. The molecule has 1 fully saturated rings. The number of benzene rings is 2. The molecule has 7 nitrogen and oxygen atoms in total. The van der Waals surface area contributed by atoms with E-state index < -0.39 is 16.0 Å². The summed E-state index contributed by atoms with van der Waals surface area (Å²) >= 11 is 0. The summed E-state index contributed by atoms with van der Waals surface area (Å²) in [5.41, 5.74) is 1.17. The van der Waals surface area contributed by atoms with Gasteiger partial charge in [-0.15, -0.1) is 0 Å². The molecule has 27 heavy (non-hydrogen) atoms. The van der Waals surface area contributed by atoms with E-state index in [-0.39, 0.29) is 29.3 Å². The molecule has 0 saturated carbocycles. The minimum absolute atomic E-state index is 0.0646. The van der Waals surface area contributed by atoms with Crippen LogP contribution in [0.4, 0.5) is 0 Å². The van der Waals surface area contributed by atoms with E-state index in [2.05, 4.69) is 0 Å². The molecule has 8 heteroatoms. The first-order valence-electron chi connectivity index (χ1n) is 8.46. The van der Waals surface area contributed by atoms with Gasteiger partial charge in [-0.1, -0.05) is 17.7 Å². The molecule has 0 atom stereocenters. The molecular weight excluding hydrogens is 370 g/mol. The fourth-order valence-corrected chi connectivity index (χ4v) is 4.29. The fraction of sp³-hybridized carbons (Fsp3) is 0.316. The number of hydrogen-bond acceptors (Lipinski definition) is 6. The van der Waals surface area contributed by atoms with E-state index in [1.54, 1.807) is 12.1 Å². The number of aryl methyl sites for hydroxylation is 1. The van der Waals surface area contributed by atoms with E-state index in [0.717, 1.165) is 5.56 Å². The maximum atomic E-state index is 13.0. The minimum Gasteiger partial charge on any atom is -0.495 e. The number of rotatable bonds is 5. The summed E-state index contributed by atoms with van der Waals surface area (Å²) in [6.07, 6.45) is 0. The van der Waals surface area contributed by atoms with Crippen molar-refractivity contribution in [2.75, 3.05) is 33.4 Å². The second-order valence-electron chi connectivity index (χ2n) is 6.08. The Morgan fingerprint density at radius 3 is 2.37 bits per heavy atom. The maximum absolute atomic E-state index is 13.0. The lowest BCUT2D eigenvalue weighted by atomic mass is 10.2. The molecule has 0 amide bonds. The second kappa shape index (κ2) is 8.08. The predicted octanol–water partition coefficient (Wildman–Crippen LogP) is 2.24. The van der Waals surface area contributed by atoms with Gasteiger partial charge in [0.15, 0.2) is 0 Å². The molecule has 1 saturated heterocycles. The summed E-state index contributed by atoms with van der Waals surface area (Å²) in [4.78, 5) is 12.4. The molecule has 0 radical (unpaired) electrons. The number of hydrogen-bond donors (Lipinski definition) is 0. The molecule has 1 heterocycles. The SMILES string of the molecule is COc1ccc(C(=O)Oc2ccc(C)cc2)cc1S(=O)(=O)N1CCOCC1. The van der Waals surface area contributed by atoms with Gasteiger partial charge in [0.2, 0.25) is 10.0 Å². The largest absolute Gasteiger partial charge is 0.495 e. The molecule has 1 aliphatic heterocycles. The third-order valence-electron chi connectivity index (χ3n) is 4.22. The van der Waals surface area contributed by atoms with Crippen molar-refractivity contribution >= 4 is 16.0 Å². The van der Waals surface area contributed by atoms with Crippen molar-refractivity contribution in [2.24, 2.45) is 0 Å². The predicted molar refractivity (Wildman–Crippen MR) is 98.7 cm³/mol. The molecule has 144 valence electrons. The van der Waals surface area contributed by atoms with E-state index in [4.69, 9.17) is 14.2 Å². The highest BCUT2D eigenvalue weighted by Crippen LogP contribution is 2.29. The van der Waals surface area contributed by atoms with E-state index >= 15 is 0 Å². The van der Waals surface area contributed by atoms with Gasteiger partial charge in [0.1, 0.15) is 16.4 Å². The fourth-order valence-electron chi connectivity index (χ4n) is 2.70. The van der Waals surface area contributed by atoms with Crippen molar-refractivity contribution in [3.8, 4) is 11.5 Å². The zero-order valence-electron chi connectivity index (χ0n) is 15.2. The summed E-state index contributed by atoms with van der Waals surface area (Å²) < 4.78 is 43.0. The minimum atomic E-state index is -3.82. The van der Waals surface area contributed by atoms with Crippen LogP contribution in [-0.4, -0.2) is 52.1 Å². The van der Waals surface area contributed by atoms with E-state index in [0.29, 0.717) is 19.0 Å². The number of nitrogens with zero attached hydrogens (tertiary/aromatic N) is 1. The average Bonchev–Trinajstić information content (AvgIpc) is 2.69. The van der Waals surface area contributed by atoms with Crippen LogP contribution in [0.1, 0.15) is 15.9 Å². The Bertz CT molecular complexity index is 918. The van der Waals surface area contributed by atoms with Gasteiger partial charge in [0.05, 0.1) is 25.9 Å². The first-order valence-corrected chi connectivity index (χ1v) is 9.90. The summed E-state index contributed by atoms with van der Waals surface area (Å²) in [7, 11) is -2.43. The van der Waals surface area contributed by atoms with Gasteiger partial charge < -0.3 is 14.2 Å². The van der Waals surface area contributed by atoms with Crippen LogP contribution in [0.3, 0.4) is 0 Å². The van der Waals surface area contributed by atoms with Crippen LogP contribution in [0.25, 0.3) is 0 Å². The number of ether oxygens (including phenoxy) is 3. The Balaban J connectivity index is 1.90. The summed E-state index contributed by atoms with van der Waals surface area (Å²) in [6, 6.07) is 11.2. The van der Waals surface area contributed by atoms with Crippen molar-refractivity contribution in [3.05, 3.63) is 53.6 Å². The molecule has 0 aromatic heterocycles. The Labute approximate surface area is 158 Å². The monoisotopic (exact) mass is 391 g/mol. The summed E-state index contributed by atoms with van der Waals surface area (Å²) in [5, 5.41) is 0. The highest BCUT2D eigenvalue weighted by atomic mass is 32.2. The van der Waals surface area contributed by atoms with Crippen LogP contribution in [0.5, 0.6) is 11.5 Å². The highest BCUT2D eigenvalue weighted by molar-refractivity contribution is 7.89. The van der Waals surface area contributed by atoms with Crippen LogP contribution >= 0.6 is 0 Å². The molecule has 0 aliphatic carbocycles. The van der Waals surface area contributed by atoms with Crippen molar-refractivity contribution < 1.29 is 27.4 Å². The first kappa shape index (κ1) is 19.3. The van der Waals surface area contributed by atoms with Gasteiger partial charge >= 0.3 is 5.97 Å². The van der Waals surface area contributed by atoms with Gasteiger partial charge in [-0.3, -0.25) is 0 Å². The molecule has 0 unspecified atom stereocenters. The molecule has 0 N–H and O–H groups in total. The van der Waals surface area contributed by atoms with Crippen LogP contribution in [0, 0.1) is 6.92 Å². The number of carbonyl (C=O) groups excluding carboxylic acids is 1. The lowest BCUT2D eigenvalue weighted by Crippen LogP contribution is -2.40. The number of methoxy groups -OCH3 is 1. The van der Waals surface area contributed by atoms with Crippen molar-refractivity contribution in [1.82, 2.24) is 4.31 Å². The van der Waals surface area contributed by atoms with Crippen LogP contribution in [0.15, 0.2) is 47.4 Å². The van der Waals surface area contributed by atoms with Gasteiger partial charge in [-0.05, 0) is 37.3 Å². The smallest absolute Gasteiger partial charge is 0.343 e. The van der Waals surface area contributed by atoms with Gasteiger partial charge in [0.25, 0.3) is 0 Å². The third kappa shape index (κ3) is 4.29. The molecule has 2 aromatic rings. The molecule has 3 rings (SSSR count). The van der Waals surface area contributed by atoms with Gasteiger partial charge in [0, 0.05) is 13.1 Å². The number of carbonyl (C=O) groups is 1. The van der Waals surface area contributed by atoms with Gasteiger partial charge in [-0.2, -0.15) is 4.31 Å². The highest BCUT2D eigenvalue weighted by Gasteiger charge is 2.30. The number of morpholine rings is 1. The third-order valence-corrected chi connectivity index (χ3v) is 6.14. The topological polar surface area (TPSA) is 82.1 Å². The Kier molecular flexibility index (Phi) is 5.79. The van der Waals surface area contributed by atoms with Crippen LogP contribution in [0.2, 0.25) is 0 Å². The van der Waals surface area contributed by atoms with Crippen LogP contribution < -0.4 is 9.47 Å². The maximum Gasteiger partial charge on any atom is 0.343 e. The second-order valence-corrected chi connectivity index (χ2v) is 7.99. The van der Waals surface area contributed by atoms with E-state index in [1.165, 1.54) is 29.6 Å².